The van der Waals surface area contributed by atoms with Crippen molar-refractivity contribution in [2.24, 2.45) is 0 Å². The molecule has 8 heteroatoms. The summed E-state index contributed by atoms with van der Waals surface area (Å²) in [7, 11) is 1.20. The van der Waals surface area contributed by atoms with Crippen molar-refractivity contribution in [2.75, 3.05) is 12.8 Å². The number of halogens is 2. The molecule has 0 aliphatic carbocycles. The largest absolute Gasteiger partial charge is 0.464 e. The number of nitrogens with two attached hydrogens (primary N) is 1. The minimum Gasteiger partial charge on any atom is -0.464 e. The molecule has 0 aromatic carbocycles. The highest BCUT2D eigenvalue weighted by Crippen LogP contribution is 2.18. The minimum absolute atomic E-state index is 0.0676. The summed E-state index contributed by atoms with van der Waals surface area (Å²) < 4.78 is 19.1. The van der Waals surface area contributed by atoms with E-state index in [4.69, 9.17) is 17.3 Å². The molecule has 94 valence electrons. The second kappa shape index (κ2) is 4.61. The minimum atomic E-state index is -0.708. The van der Waals surface area contributed by atoms with Crippen molar-refractivity contribution in [3.05, 3.63) is 35.0 Å². The highest BCUT2D eigenvalue weighted by atomic mass is 35.5. The van der Waals surface area contributed by atoms with Gasteiger partial charge in [-0.25, -0.2) is 18.9 Å². The number of aromatic nitrogens is 3. The van der Waals surface area contributed by atoms with Gasteiger partial charge in [0, 0.05) is 6.20 Å². The fourth-order valence-corrected chi connectivity index (χ4v) is 1.47. The van der Waals surface area contributed by atoms with Crippen molar-refractivity contribution in [1.29, 1.82) is 0 Å². The summed E-state index contributed by atoms with van der Waals surface area (Å²) in [5.41, 5.74) is 5.54. The molecule has 0 saturated heterocycles. The third-order valence-corrected chi connectivity index (χ3v) is 2.33. The van der Waals surface area contributed by atoms with Gasteiger partial charge < -0.3 is 10.5 Å². The molecule has 0 spiro atoms. The quantitative estimate of drug-likeness (QED) is 0.835. The Labute approximate surface area is 106 Å². The standard InChI is InChI=1S/C10H8ClFN4O2/c1-18-10(17)8-7(13)4-16(15-8)9-6(12)2-5(11)3-14-9/h2-4H,13H2,1H3. The van der Waals surface area contributed by atoms with Gasteiger partial charge in [-0.05, 0) is 6.07 Å². The van der Waals surface area contributed by atoms with E-state index in [0.717, 1.165) is 10.7 Å². The van der Waals surface area contributed by atoms with Gasteiger partial charge in [-0.1, -0.05) is 11.6 Å². The van der Waals surface area contributed by atoms with Crippen LogP contribution in [-0.2, 0) is 4.74 Å². The van der Waals surface area contributed by atoms with Crippen molar-refractivity contribution in [1.82, 2.24) is 14.8 Å². The number of carbonyl (C=O) groups excluding carboxylic acids is 1. The second-order valence-electron chi connectivity index (χ2n) is 3.33. The summed E-state index contributed by atoms with van der Waals surface area (Å²) in [5.74, 6) is -1.50. The number of nitrogen functional groups attached to an aromatic ring is 1. The first kappa shape index (κ1) is 12.3. The molecule has 2 aromatic rings. The molecule has 0 aliphatic heterocycles. The third kappa shape index (κ3) is 2.12. The molecule has 18 heavy (non-hydrogen) atoms. The molecule has 2 rings (SSSR count). The maximum absolute atomic E-state index is 13.6. The zero-order valence-corrected chi connectivity index (χ0v) is 9.98. The Morgan fingerprint density at radius 1 is 1.61 bits per heavy atom. The van der Waals surface area contributed by atoms with Gasteiger partial charge in [0.05, 0.1) is 24.0 Å². The fourth-order valence-electron chi connectivity index (χ4n) is 1.33. The summed E-state index contributed by atoms with van der Waals surface area (Å²) in [6, 6.07) is 1.08. The molecule has 2 N–H and O–H groups in total. The average molecular weight is 271 g/mol. The molecule has 0 fully saturated rings. The van der Waals surface area contributed by atoms with Gasteiger partial charge in [0.1, 0.15) is 0 Å². The van der Waals surface area contributed by atoms with E-state index < -0.39 is 11.8 Å². The summed E-state index contributed by atoms with van der Waals surface area (Å²) in [5, 5.41) is 3.97. The summed E-state index contributed by atoms with van der Waals surface area (Å²) in [6.45, 7) is 0. The van der Waals surface area contributed by atoms with Crippen molar-refractivity contribution in [2.45, 2.75) is 0 Å². The third-order valence-electron chi connectivity index (χ3n) is 2.13. The average Bonchev–Trinajstić information content (AvgIpc) is 2.70. The van der Waals surface area contributed by atoms with Crippen LogP contribution in [0.2, 0.25) is 5.02 Å². The predicted octanol–water partition coefficient (Wildman–Crippen LogP) is 1.43. The van der Waals surface area contributed by atoms with Crippen LogP contribution in [0.1, 0.15) is 10.5 Å². The molecule has 0 bridgehead atoms. The van der Waals surface area contributed by atoms with Gasteiger partial charge >= 0.3 is 5.97 Å². The lowest BCUT2D eigenvalue weighted by Crippen LogP contribution is -2.07. The molecule has 0 aliphatic rings. The number of rotatable bonds is 2. The van der Waals surface area contributed by atoms with Gasteiger partial charge in [-0.2, -0.15) is 5.10 Å². The van der Waals surface area contributed by atoms with Crippen LogP contribution in [0, 0.1) is 5.82 Å². The normalized spacial score (nSPS) is 10.4. The van der Waals surface area contributed by atoms with Crippen LogP contribution in [0.4, 0.5) is 10.1 Å². The first-order valence-corrected chi connectivity index (χ1v) is 5.15. The number of hydrogen-bond donors (Lipinski definition) is 1. The van der Waals surface area contributed by atoms with Crippen LogP contribution >= 0.6 is 11.6 Å². The van der Waals surface area contributed by atoms with E-state index in [1.165, 1.54) is 19.5 Å². The maximum atomic E-state index is 13.6. The van der Waals surface area contributed by atoms with Crippen molar-refractivity contribution < 1.29 is 13.9 Å². The number of esters is 1. The predicted molar refractivity (Wildman–Crippen MR) is 62.1 cm³/mol. The maximum Gasteiger partial charge on any atom is 0.360 e. The first-order chi connectivity index (χ1) is 8.52. The van der Waals surface area contributed by atoms with Crippen LogP contribution in [-0.4, -0.2) is 27.8 Å². The van der Waals surface area contributed by atoms with E-state index in [1.807, 2.05) is 0 Å². The van der Waals surface area contributed by atoms with Crippen molar-refractivity contribution in [3.8, 4) is 5.82 Å². The Morgan fingerprint density at radius 2 is 2.33 bits per heavy atom. The second-order valence-corrected chi connectivity index (χ2v) is 3.76. The number of hydrogen-bond acceptors (Lipinski definition) is 5. The van der Waals surface area contributed by atoms with Gasteiger partial charge in [-0.15, -0.1) is 0 Å². The topological polar surface area (TPSA) is 83.0 Å². The van der Waals surface area contributed by atoms with Crippen LogP contribution in [0.5, 0.6) is 0 Å². The number of carbonyl (C=O) groups is 1. The molecule has 2 aromatic heterocycles. The van der Waals surface area contributed by atoms with Crippen molar-refractivity contribution in [3.63, 3.8) is 0 Å². The lowest BCUT2D eigenvalue weighted by Gasteiger charge is -2.01. The van der Waals surface area contributed by atoms with E-state index in [9.17, 15) is 9.18 Å². The zero-order valence-electron chi connectivity index (χ0n) is 9.22. The number of ether oxygens (including phenoxy) is 1. The smallest absolute Gasteiger partial charge is 0.360 e. The molecule has 2 heterocycles. The van der Waals surface area contributed by atoms with E-state index >= 15 is 0 Å². The number of methoxy groups -OCH3 is 1. The molecule has 0 atom stereocenters. The highest BCUT2D eigenvalue weighted by molar-refractivity contribution is 6.30. The molecular formula is C10H8ClFN4O2. The lowest BCUT2D eigenvalue weighted by atomic mass is 10.4. The van der Waals surface area contributed by atoms with Crippen LogP contribution < -0.4 is 5.73 Å². The summed E-state index contributed by atoms with van der Waals surface area (Å²) in [6.07, 6.45) is 2.53. The van der Waals surface area contributed by atoms with Crippen molar-refractivity contribution >= 4 is 23.3 Å². The van der Waals surface area contributed by atoms with Gasteiger partial charge in [-0.3, -0.25) is 0 Å². The Morgan fingerprint density at radius 3 is 2.94 bits per heavy atom. The Bertz CT molecular complexity index is 614. The molecular weight excluding hydrogens is 263 g/mol. The fraction of sp³-hybridized carbons (Fsp3) is 0.100. The van der Waals surface area contributed by atoms with E-state index in [1.54, 1.807) is 0 Å². The lowest BCUT2D eigenvalue weighted by molar-refractivity contribution is 0.0594. The van der Waals surface area contributed by atoms with E-state index in [2.05, 4.69) is 14.8 Å². The first-order valence-electron chi connectivity index (χ1n) is 4.78. The highest BCUT2D eigenvalue weighted by Gasteiger charge is 2.17. The van der Waals surface area contributed by atoms with Gasteiger partial charge in [0.15, 0.2) is 17.3 Å². The Kier molecular flexibility index (Phi) is 3.15. The molecule has 6 nitrogen and oxygen atoms in total. The Balaban J connectivity index is 2.49. The van der Waals surface area contributed by atoms with Gasteiger partial charge in [0.2, 0.25) is 0 Å². The van der Waals surface area contributed by atoms with E-state index in [-0.39, 0.29) is 22.2 Å². The SMILES string of the molecule is COC(=O)c1nn(-c2ncc(Cl)cc2F)cc1N. The number of anilines is 1. The number of nitrogens with zero attached hydrogens (tertiary/aromatic N) is 3. The molecule has 0 amide bonds. The van der Waals surface area contributed by atoms with Crippen LogP contribution in [0.15, 0.2) is 18.5 Å². The summed E-state index contributed by atoms with van der Waals surface area (Å²) >= 11 is 5.58. The number of pyridine rings is 1. The zero-order chi connectivity index (χ0) is 13.3. The van der Waals surface area contributed by atoms with Gasteiger partial charge in [0.25, 0.3) is 0 Å². The monoisotopic (exact) mass is 270 g/mol. The summed E-state index contributed by atoms with van der Waals surface area (Å²) in [4.78, 5) is 15.1. The Hall–Kier alpha value is -2.15. The van der Waals surface area contributed by atoms with Crippen LogP contribution in [0.3, 0.4) is 0 Å². The van der Waals surface area contributed by atoms with Crippen LogP contribution in [0.25, 0.3) is 5.82 Å². The molecule has 0 radical (unpaired) electrons. The molecule has 0 unspecified atom stereocenters. The van der Waals surface area contributed by atoms with E-state index in [0.29, 0.717) is 0 Å². The molecule has 0 saturated carbocycles.